The lowest BCUT2D eigenvalue weighted by Crippen LogP contribution is -2.38. The molecule has 0 aromatic carbocycles. The van der Waals surface area contributed by atoms with Crippen molar-refractivity contribution < 1.29 is 9.32 Å². The van der Waals surface area contributed by atoms with Crippen LogP contribution < -0.4 is 5.32 Å². The molecule has 20 heavy (non-hydrogen) atoms. The second kappa shape index (κ2) is 6.09. The second-order valence-electron chi connectivity index (χ2n) is 4.85. The van der Waals surface area contributed by atoms with Crippen molar-refractivity contribution >= 4 is 17.4 Å². The average molecular weight is 293 g/mol. The highest BCUT2D eigenvalue weighted by atomic mass is 32.1. The molecule has 0 radical (unpaired) electrons. The molecule has 1 unspecified atom stereocenters. The Morgan fingerprint density at radius 3 is 2.85 bits per heavy atom. The molecule has 2 rings (SSSR count). The number of thiophene rings is 1. The molecule has 1 atom stereocenters. The number of carbonyl (C=O) groups is 1. The lowest BCUT2D eigenvalue weighted by Gasteiger charge is -2.20. The van der Waals surface area contributed by atoms with Crippen LogP contribution in [0.4, 0.5) is 4.79 Å². The zero-order chi connectivity index (χ0) is 14.7. The maximum atomic E-state index is 12.2. The Morgan fingerprint density at radius 1 is 1.55 bits per heavy atom. The van der Waals surface area contributed by atoms with Crippen molar-refractivity contribution in [3.8, 4) is 0 Å². The number of nitrogens with zero attached hydrogens (tertiary/aromatic N) is 2. The first-order valence-corrected chi connectivity index (χ1v) is 7.33. The Morgan fingerprint density at radius 2 is 2.30 bits per heavy atom. The van der Waals surface area contributed by atoms with Crippen molar-refractivity contribution in [2.24, 2.45) is 0 Å². The predicted molar refractivity (Wildman–Crippen MR) is 78.7 cm³/mol. The zero-order valence-electron chi connectivity index (χ0n) is 12.1. The predicted octanol–water partition coefficient (Wildman–Crippen LogP) is 3.26. The minimum absolute atomic E-state index is 0.00891. The van der Waals surface area contributed by atoms with E-state index in [1.54, 1.807) is 23.3 Å². The molecular formula is C14H19N3O2S. The molecule has 2 aromatic heterocycles. The largest absolute Gasteiger partial charge is 0.361 e. The number of hydrogen-bond acceptors (Lipinski definition) is 4. The number of urea groups is 1. The molecular weight excluding hydrogens is 274 g/mol. The van der Waals surface area contributed by atoms with Gasteiger partial charge in [-0.05, 0) is 32.2 Å². The molecule has 2 amide bonds. The van der Waals surface area contributed by atoms with E-state index in [1.165, 1.54) is 0 Å². The molecule has 5 nitrogen and oxygen atoms in total. The van der Waals surface area contributed by atoms with Crippen LogP contribution in [0.3, 0.4) is 0 Å². The van der Waals surface area contributed by atoms with Crippen LogP contribution in [0, 0.1) is 13.8 Å². The van der Waals surface area contributed by atoms with E-state index in [1.807, 2.05) is 38.3 Å². The molecule has 0 aliphatic heterocycles. The van der Waals surface area contributed by atoms with Gasteiger partial charge in [0.15, 0.2) is 0 Å². The van der Waals surface area contributed by atoms with Gasteiger partial charge in [0.1, 0.15) is 5.76 Å². The highest BCUT2D eigenvalue weighted by Gasteiger charge is 2.17. The van der Waals surface area contributed by atoms with Gasteiger partial charge in [-0.15, -0.1) is 11.3 Å². The fraction of sp³-hybridized carbons (Fsp3) is 0.429. The van der Waals surface area contributed by atoms with E-state index in [0.717, 1.165) is 21.9 Å². The summed E-state index contributed by atoms with van der Waals surface area (Å²) in [6.07, 6.45) is 0. The van der Waals surface area contributed by atoms with Gasteiger partial charge in [0.2, 0.25) is 0 Å². The Balaban J connectivity index is 1.96. The van der Waals surface area contributed by atoms with Crippen LogP contribution in [-0.4, -0.2) is 23.1 Å². The topological polar surface area (TPSA) is 58.4 Å². The van der Waals surface area contributed by atoms with Crippen molar-refractivity contribution in [3.63, 3.8) is 0 Å². The van der Waals surface area contributed by atoms with Gasteiger partial charge < -0.3 is 14.7 Å². The summed E-state index contributed by atoms with van der Waals surface area (Å²) in [5.74, 6) is 0.758. The molecule has 0 aliphatic rings. The molecule has 0 bridgehead atoms. The number of amides is 2. The van der Waals surface area contributed by atoms with Crippen LogP contribution in [0.25, 0.3) is 0 Å². The van der Waals surface area contributed by atoms with Gasteiger partial charge in [-0.2, -0.15) is 0 Å². The van der Waals surface area contributed by atoms with Crippen LogP contribution in [0.1, 0.15) is 34.9 Å². The summed E-state index contributed by atoms with van der Waals surface area (Å²) in [4.78, 5) is 14.9. The third-order valence-corrected chi connectivity index (χ3v) is 4.29. The number of aryl methyl sites for hydroxylation is 2. The van der Waals surface area contributed by atoms with Crippen LogP contribution in [0.15, 0.2) is 22.0 Å². The number of rotatable bonds is 4. The maximum absolute atomic E-state index is 12.2. The molecule has 0 saturated carbocycles. The Hall–Kier alpha value is -1.82. The number of aromatic nitrogens is 1. The first-order chi connectivity index (χ1) is 9.49. The van der Waals surface area contributed by atoms with Gasteiger partial charge in [-0.3, -0.25) is 0 Å². The van der Waals surface area contributed by atoms with Gasteiger partial charge in [-0.25, -0.2) is 4.79 Å². The summed E-state index contributed by atoms with van der Waals surface area (Å²) >= 11 is 1.64. The van der Waals surface area contributed by atoms with Crippen LogP contribution in [-0.2, 0) is 6.54 Å². The molecule has 0 spiro atoms. The maximum Gasteiger partial charge on any atom is 0.317 e. The molecule has 0 aliphatic carbocycles. The summed E-state index contributed by atoms with van der Waals surface area (Å²) in [6, 6.07) is 3.90. The van der Waals surface area contributed by atoms with Gasteiger partial charge in [0.25, 0.3) is 0 Å². The lowest BCUT2D eigenvalue weighted by molar-refractivity contribution is 0.203. The minimum Gasteiger partial charge on any atom is -0.361 e. The molecule has 6 heteroatoms. The van der Waals surface area contributed by atoms with E-state index >= 15 is 0 Å². The van der Waals surface area contributed by atoms with E-state index in [2.05, 4.69) is 10.5 Å². The Kier molecular flexibility index (Phi) is 4.44. The van der Waals surface area contributed by atoms with Gasteiger partial charge in [0.05, 0.1) is 18.3 Å². The van der Waals surface area contributed by atoms with Crippen molar-refractivity contribution in [1.29, 1.82) is 0 Å². The highest BCUT2D eigenvalue weighted by Crippen LogP contribution is 2.19. The van der Waals surface area contributed by atoms with E-state index in [0.29, 0.717) is 6.54 Å². The quantitative estimate of drug-likeness (QED) is 0.941. The van der Waals surface area contributed by atoms with Crippen LogP contribution >= 0.6 is 11.3 Å². The first kappa shape index (κ1) is 14.6. The van der Waals surface area contributed by atoms with Crippen molar-refractivity contribution in [1.82, 2.24) is 15.4 Å². The normalized spacial score (nSPS) is 12.2. The minimum atomic E-state index is -0.106. The Labute approximate surface area is 122 Å². The van der Waals surface area contributed by atoms with Crippen molar-refractivity contribution in [2.45, 2.75) is 33.4 Å². The zero-order valence-corrected chi connectivity index (χ0v) is 13.0. The third-order valence-electron chi connectivity index (χ3n) is 3.23. The summed E-state index contributed by atoms with van der Waals surface area (Å²) in [7, 11) is 1.77. The van der Waals surface area contributed by atoms with Crippen molar-refractivity contribution in [2.75, 3.05) is 7.05 Å². The summed E-state index contributed by atoms with van der Waals surface area (Å²) < 4.78 is 5.11. The van der Waals surface area contributed by atoms with E-state index in [4.69, 9.17) is 4.52 Å². The summed E-state index contributed by atoms with van der Waals surface area (Å²) in [5, 5.41) is 8.88. The van der Waals surface area contributed by atoms with Gasteiger partial charge >= 0.3 is 6.03 Å². The molecule has 0 fully saturated rings. The van der Waals surface area contributed by atoms with E-state index in [-0.39, 0.29) is 12.1 Å². The van der Waals surface area contributed by atoms with Crippen molar-refractivity contribution in [3.05, 3.63) is 39.4 Å². The number of hydrogen-bond donors (Lipinski definition) is 1. The Bertz CT molecular complexity index is 558. The molecule has 2 aromatic rings. The first-order valence-electron chi connectivity index (χ1n) is 6.45. The van der Waals surface area contributed by atoms with E-state index < -0.39 is 0 Å². The third kappa shape index (κ3) is 3.19. The summed E-state index contributed by atoms with van der Waals surface area (Å²) in [6.45, 7) is 6.21. The number of carbonyl (C=O) groups excluding carboxylic acids is 1. The molecule has 108 valence electrons. The second-order valence-corrected chi connectivity index (χ2v) is 5.82. The van der Waals surface area contributed by atoms with Gasteiger partial charge in [0, 0.05) is 17.5 Å². The lowest BCUT2D eigenvalue weighted by atomic mass is 10.2. The molecule has 2 heterocycles. The SMILES string of the molecule is Cc1noc(C)c1CN(C)C(=O)NC(C)c1cccs1. The van der Waals surface area contributed by atoms with Crippen LogP contribution in [0.2, 0.25) is 0 Å². The standard InChI is InChI=1S/C14H19N3O2S/c1-9-12(11(3)19-16-9)8-17(4)14(18)15-10(2)13-6-5-7-20-13/h5-7,10H,8H2,1-4H3,(H,15,18). The monoisotopic (exact) mass is 293 g/mol. The average Bonchev–Trinajstić information content (AvgIpc) is 3.03. The summed E-state index contributed by atoms with van der Waals surface area (Å²) in [5.41, 5.74) is 1.79. The van der Waals surface area contributed by atoms with Gasteiger partial charge in [-0.1, -0.05) is 11.2 Å². The number of nitrogens with one attached hydrogen (secondary N) is 1. The smallest absolute Gasteiger partial charge is 0.317 e. The molecule has 0 saturated heterocycles. The molecule has 1 N–H and O–H groups in total. The fourth-order valence-electron chi connectivity index (χ4n) is 1.94. The van der Waals surface area contributed by atoms with E-state index in [9.17, 15) is 4.79 Å². The fourth-order valence-corrected chi connectivity index (χ4v) is 2.68. The highest BCUT2D eigenvalue weighted by molar-refractivity contribution is 7.10. The van der Waals surface area contributed by atoms with Crippen LogP contribution in [0.5, 0.6) is 0 Å².